The maximum absolute atomic E-state index is 9.90. The van der Waals surface area contributed by atoms with Crippen molar-refractivity contribution in [3.63, 3.8) is 0 Å². The fourth-order valence-electron chi connectivity index (χ4n) is 2.31. The molecule has 2 unspecified atom stereocenters. The summed E-state index contributed by atoms with van der Waals surface area (Å²) in [5.74, 6) is 1.28. The van der Waals surface area contributed by atoms with Crippen LogP contribution in [-0.4, -0.2) is 10.7 Å². The Hall–Kier alpha value is -0.300. The summed E-state index contributed by atoms with van der Waals surface area (Å²) in [5.41, 5.74) is -0.572. The van der Waals surface area contributed by atoms with E-state index in [1.807, 2.05) is 0 Å². The number of hydrogen-bond donors (Lipinski definition) is 1. The zero-order valence-electron chi connectivity index (χ0n) is 7.51. The van der Waals surface area contributed by atoms with Crippen LogP contribution < -0.4 is 0 Å². The normalized spacial score (nSPS) is 45.4. The van der Waals surface area contributed by atoms with Crippen LogP contribution in [0.3, 0.4) is 0 Å². The van der Waals surface area contributed by atoms with Crippen molar-refractivity contribution in [2.75, 3.05) is 0 Å². The predicted octanol–water partition coefficient (Wildman–Crippen LogP) is 2.36. The highest BCUT2D eigenvalue weighted by atomic mass is 16.3. The Labute approximate surface area is 69.1 Å². The van der Waals surface area contributed by atoms with Gasteiger partial charge in [-0.05, 0) is 31.1 Å². The van der Waals surface area contributed by atoms with Crippen molar-refractivity contribution >= 4 is 0 Å². The Morgan fingerprint density at radius 3 is 2.18 bits per heavy atom. The van der Waals surface area contributed by atoms with Crippen molar-refractivity contribution in [2.45, 2.75) is 38.7 Å². The zero-order valence-corrected chi connectivity index (χ0v) is 7.51. The fraction of sp³-hybridized carbons (Fsp3) is 0.800. The van der Waals surface area contributed by atoms with Crippen LogP contribution in [0.5, 0.6) is 0 Å². The van der Waals surface area contributed by atoms with Gasteiger partial charge in [-0.1, -0.05) is 19.9 Å². The lowest BCUT2D eigenvalue weighted by Gasteiger charge is -2.36. The molecule has 1 N–H and O–H groups in total. The van der Waals surface area contributed by atoms with Crippen molar-refractivity contribution in [3.8, 4) is 0 Å². The number of hydrogen-bond acceptors (Lipinski definition) is 1. The van der Waals surface area contributed by atoms with E-state index in [9.17, 15) is 5.11 Å². The average molecular weight is 154 g/mol. The Morgan fingerprint density at radius 2 is 1.82 bits per heavy atom. The molecule has 1 aliphatic carbocycles. The van der Waals surface area contributed by atoms with Gasteiger partial charge in [0.05, 0.1) is 5.60 Å². The van der Waals surface area contributed by atoms with Crippen molar-refractivity contribution in [1.82, 2.24) is 0 Å². The van der Waals surface area contributed by atoms with E-state index >= 15 is 0 Å². The maximum atomic E-state index is 9.90. The first-order valence-corrected chi connectivity index (χ1v) is 4.42. The largest absolute Gasteiger partial charge is 0.386 e. The maximum Gasteiger partial charge on any atom is 0.0830 e. The van der Waals surface area contributed by atoms with E-state index < -0.39 is 5.60 Å². The molecule has 0 aromatic carbocycles. The summed E-state index contributed by atoms with van der Waals surface area (Å²) in [5, 5.41) is 9.90. The predicted molar refractivity (Wildman–Crippen MR) is 47.3 cm³/mol. The molecule has 0 saturated heterocycles. The zero-order chi connectivity index (χ0) is 8.48. The van der Waals surface area contributed by atoms with Crippen molar-refractivity contribution in [3.05, 3.63) is 12.7 Å². The quantitative estimate of drug-likeness (QED) is 0.575. The summed E-state index contributed by atoms with van der Waals surface area (Å²) >= 11 is 0. The Kier molecular flexibility index (Phi) is 2.38. The average Bonchev–Trinajstić information content (AvgIpc) is 1.84. The van der Waals surface area contributed by atoms with Crippen LogP contribution in [0, 0.1) is 11.8 Å². The molecule has 0 aromatic rings. The lowest BCUT2D eigenvalue weighted by Crippen LogP contribution is -2.35. The first-order chi connectivity index (χ1) is 5.06. The lowest BCUT2D eigenvalue weighted by atomic mass is 9.74. The molecular weight excluding hydrogens is 136 g/mol. The lowest BCUT2D eigenvalue weighted by molar-refractivity contribution is 0.0113. The molecule has 1 heteroatoms. The van der Waals surface area contributed by atoms with Gasteiger partial charge in [0, 0.05) is 0 Å². The summed E-state index contributed by atoms with van der Waals surface area (Å²) in [4.78, 5) is 0. The summed E-state index contributed by atoms with van der Waals surface area (Å²) in [6.07, 6.45) is 4.73. The SMILES string of the molecule is C=CC1(O)CC(C)CC(C)C1. The molecule has 1 aliphatic rings. The van der Waals surface area contributed by atoms with Crippen LogP contribution in [0.2, 0.25) is 0 Å². The summed E-state index contributed by atoms with van der Waals surface area (Å²) in [6.45, 7) is 8.07. The highest BCUT2D eigenvalue weighted by Gasteiger charge is 2.32. The van der Waals surface area contributed by atoms with Crippen LogP contribution in [0.15, 0.2) is 12.7 Å². The van der Waals surface area contributed by atoms with Crippen LogP contribution in [-0.2, 0) is 0 Å². The van der Waals surface area contributed by atoms with Gasteiger partial charge < -0.3 is 5.11 Å². The molecule has 2 atom stereocenters. The van der Waals surface area contributed by atoms with E-state index in [1.54, 1.807) is 6.08 Å². The first-order valence-electron chi connectivity index (χ1n) is 4.42. The number of rotatable bonds is 1. The third kappa shape index (κ3) is 2.06. The molecule has 0 aliphatic heterocycles. The molecule has 1 rings (SSSR count). The Bertz CT molecular complexity index is 141. The second-order valence-electron chi connectivity index (χ2n) is 4.16. The molecule has 0 spiro atoms. The summed E-state index contributed by atoms with van der Waals surface area (Å²) in [6, 6.07) is 0. The van der Waals surface area contributed by atoms with Gasteiger partial charge in [-0.3, -0.25) is 0 Å². The standard InChI is InChI=1S/C10H18O/c1-4-10(11)6-8(2)5-9(3)7-10/h4,8-9,11H,1,5-7H2,2-3H3. The van der Waals surface area contributed by atoms with E-state index in [1.165, 1.54) is 6.42 Å². The minimum Gasteiger partial charge on any atom is -0.386 e. The van der Waals surface area contributed by atoms with Gasteiger partial charge in [-0.15, -0.1) is 6.58 Å². The molecule has 0 bridgehead atoms. The van der Waals surface area contributed by atoms with Gasteiger partial charge in [-0.2, -0.15) is 0 Å². The Balaban J connectivity index is 2.62. The highest BCUT2D eigenvalue weighted by molar-refractivity contribution is 5.00. The van der Waals surface area contributed by atoms with Crippen molar-refractivity contribution < 1.29 is 5.11 Å². The van der Waals surface area contributed by atoms with Crippen molar-refractivity contribution in [1.29, 1.82) is 0 Å². The molecule has 0 amide bonds. The second-order valence-corrected chi connectivity index (χ2v) is 4.16. The summed E-state index contributed by atoms with van der Waals surface area (Å²) < 4.78 is 0. The van der Waals surface area contributed by atoms with Crippen LogP contribution in [0.1, 0.15) is 33.1 Å². The van der Waals surface area contributed by atoms with Crippen molar-refractivity contribution in [2.24, 2.45) is 11.8 Å². The highest BCUT2D eigenvalue weighted by Crippen LogP contribution is 2.36. The minimum absolute atomic E-state index is 0.572. The smallest absolute Gasteiger partial charge is 0.0830 e. The molecule has 0 radical (unpaired) electrons. The van der Waals surface area contributed by atoms with E-state index in [-0.39, 0.29) is 0 Å². The van der Waals surface area contributed by atoms with E-state index in [0.29, 0.717) is 11.8 Å². The molecule has 0 aromatic heterocycles. The van der Waals surface area contributed by atoms with E-state index in [4.69, 9.17) is 0 Å². The minimum atomic E-state index is -0.572. The van der Waals surface area contributed by atoms with Gasteiger partial charge in [0.25, 0.3) is 0 Å². The molecule has 64 valence electrons. The fourth-order valence-corrected chi connectivity index (χ4v) is 2.31. The van der Waals surface area contributed by atoms with E-state index in [2.05, 4.69) is 20.4 Å². The van der Waals surface area contributed by atoms with Gasteiger partial charge in [0.1, 0.15) is 0 Å². The first kappa shape index (κ1) is 8.79. The summed E-state index contributed by atoms with van der Waals surface area (Å²) in [7, 11) is 0. The van der Waals surface area contributed by atoms with E-state index in [0.717, 1.165) is 12.8 Å². The Morgan fingerprint density at radius 1 is 1.36 bits per heavy atom. The monoisotopic (exact) mass is 154 g/mol. The van der Waals surface area contributed by atoms with Crippen LogP contribution in [0.4, 0.5) is 0 Å². The molecule has 11 heavy (non-hydrogen) atoms. The third-order valence-corrected chi connectivity index (χ3v) is 2.59. The van der Waals surface area contributed by atoms with Gasteiger partial charge >= 0.3 is 0 Å². The van der Waals surface area contributed by atoms with Crippen LogP contribution >= 0.6 is 0 Å². The van der Waals surface area contributed by atoms with Gasteiger partial charge in [0.15, 0.2) is 0 Å². The number of aliphatic hydroxyl groups is 1. The molecular formula is C10H18O. The topological polar surface area (TPSA) is 20.2 Å². The third-order valence-electron chi connectivity index (χ3n) is 2.59. The molecule has 1 nitrogen and oxygen atoms in total. The van der Waals surface area contributed by atoms with Crippen LogP contribution in [0.25, 0.3) is 0 Å². The molecule has 1 fully saturated rings. The molecule has 0 heterocycles. The second kappa shape index (κ2) is 2.98. The van der Waals surface area contributed by atoms with Gasteiger partial charge in [0.2, 0.25) is 0 Å². The molecule has 1 saturated carbocycles. The van der Waals surface area contributed by atoms with Gasteiger partial charge in [-0.25, -0.2) is 0 Å².